The largest absolute Gasteiger partial charge is 0.384 e. The highest BCUT2D eigenvalue weighted by Gasteiger charge is 2.10. The molecule has 0 saturated heterocycles. The standard InChI is InChI=1S/C16H15F2N3/c1-10-8-16(13(9-19)11(2)21-10)20-7-6-12-14(17)4-3-5-15(12)18/h3-5,8H,6-7H2,1-2H3,(H,20,21). The Labute approximate surface area is 122 Å². The summed E-state index contributed by atoms with van der Waals surface area (Å²) in [6.45, 7) is 3.92. The summed E-state index contributed by atoms with van der Waals surface area (Å²) >= 11 is 0. The molecule has 0 amide bonds. The molecular weight excluding hydrogens is 272 g/mol. The average Bonchev–Trinajstić information content (AvgIpc) is 2.41. The Morgan fingerprint density at radius 3 is 2.52 bits per heavy atom. The number of aryl methyl sites for hydroxylation is 2. The van der Waals surface area contributed by atoms with Crippen LogP contribution >= 0.6 is 0 Å². The van der Waals surface area contributed by atoms with E-state index in [0.29, 0.717) is 23.5 Å². The molecule has 21 heavy (non-hydrogen) atoms. The van der Waals surface area contributed by atoms with Gasteiger partial charge >= 0.3 is 0 Å². The van der Waals surface area contributed by atoms with Crippen LogP contribution in [0.15, 0.2) is 24.3 Å². The molecule has 1 N–H and O–H groups in total. The first-order valence-electron chi connectivity index (χ1n) is 6.58. The zero-order valence-electron chi connectivity index (χ0n) is 11.9. The Morgan fingerprint density at radius 1 is 1.24 bits per heavy atom. The molecule has 3 nitrogen and oxygen atoms in total. The maximum absolute atomic E-state index is 13.5. The van der Waals surface area contributed by atoms with Crippen LogP contribution in [0, 0.1) is 36.8 Å². The molecule has 0 aliphatic rings. The minimum atomic E-state index is -0.556. The minimum Gasteiger partial charge on any atom is -0.384 e. The molecule has 0 atom stereocenters. The summed E-state index contributed by atoms with van der Waals surface area (Å²) in [5.41, 5.74) is 2.56. The van der Waals surface area contributed by atoms with Crippen molar-refractivity contribution in [2.24, 2.45) is 0 Å². The van der Waals surface area contributed by atoms with Gasteiger partial charge in [-0.25, -0.2) is 8.78 Å². The van der Waals surface area contributed by atoms with Gasteiger partial charge in [-0.05, 0) is 38.5 Å². The number of halogens is 2. The van der Waals surface area contributed by atoms with E-state index >= 15 is 0 Å². The molecule has 0 spiro atoms. The monoisotopic (exact) mass is 287 g/mol. The number of hydrogen-bond acceptors (Lipinski definition) is 3. The lowest BCUT2D eigenvalue weighted by Crippen LogP contribution is -2.10. The van der Waals surface area contributed by atoms with Crippen molar-refractivity contribution in [3.63, 3.8) is 0 Å². The number of nitriles is 1. The van der Waals surface area contributed by atoms with Crippen LogP contribution in [-0.4, -0.2) is 11.5 Å². The molecule has 0 aliphatic heterocycles. The highest BCUT2D eigenvalue weighted by molar-refractivity contribution is 5.59. The van der Waals surface area contributed by atoms with Gasteiger partial charge in [0.1, 0.15) is 17.7 Å². The Kier molecular flexibility index (Phi) is 4.49. The van der Waals surface area contributed by atoms with E-state index in [2.05, 4.69) is 16.4 Å². The highest BCUT2D eigenvalue weighted by Crippen LogP contribution is 2.19. The zero-order chi connectivity index (χ0) is 15.4. The number of hydrogen-bond donors (Lipinski definition) is 1. The number of rotatable bonds is 4. The smallest absolute Gasteiger partial charge is 0.129 e. The van der Waals surface area contributed by atoms with E-state index in [1.165, 1.54) is 18.2 Å². The van der Waals surface area contributed by atoms with Crippen molar-refractivity contribution >= 4 is 5.69 Å². The summed E-state index contributed by atoms with van der Waals surface area (Å²) in [4.78, 5) is 4.22. The highest BCUT2D eigenvalue weighted by atomic mass is 19.1. The fourth-order valence-electron chi connectivity index (χ4n) is 2.20. The second-order valence-corrected chi connectivity index (χ2v) is 4.76. The minimum absolute atomic E-state index is 0.0472. The van der Waals surface area contributed by atoms with Crippen molar-refractivity contribution in [2.45, 2.75) is 20.3 Å². The van der Waals surface area contributed by atoms with Gasteiger partial charge in [0.2, 0.25) is 0 Å². The van der Waals surface area contributed by atoms with E-state index < -0.39 is 11.6 Å². The topological polar surface area (TPSA) is 48.7 Å². The van der Waals surface area contributed by atoms with Gasteiger partial charge in [-0.15, -0.1) is 0 Å². The predicted molar refractivity (Wildman–Crippen MR) is 77.0 cm³/mol. The van der Waals surface area contributed by atoms with Gasteiger partial charge in [0.25, 0.3) is 0 Å². The van der Waals surface area contributed by atoms with E-state index in [1.54, 1.807) is 13.0 Å². The molecule has 0 bridgehead atoms. The van der Waals surface area contributed by atoms with Crippen LogP contribution in [-0.2, 0) is 6.42 Å². The molecule has 0 unspecified atom stereocenters. The number of aromatic nitrogens is 1. The number of nitrogens with one attached hydrogen (secondary N) is 1. The predicted octanol–water partition coefficient (Wildman–Crippen LogP) is 3.50. The van der Waals surface area contributed by atoms with Gasteiger partial charge in [-0.2, -0.15) is 5.26 Å². The lowest BCUT2D eigenvalue weighted by atomic mass is 10.1. The van der Waals surface area contributed by atoms with Gasteiger partial charge < -0.3 is 5.32 Å². The van der Waals surface area contributed by atoms with Crippen molar-refractivity contribution in [2.75, 3.05) is 11.9 Å². The molecule has 2 rings (SSSR count). The summed E-state index contributed by atoms with van der Waals surface area (Å²) in [5.74, 6) is -1.11. The fourth-order valence-corrected chi connectivity index (χ4v) is 2.20. The van der Waals surface area contributed by atoms with Crippen molar-refractivity contribution in [3.8, 4) is 6.07 Å². The van der Waals surface area contributed by atoms with Crippen LogP contribution in [0.2, 0.25) is 0 Å². The molecule has 1 aromatic heterocycles. The van der Waals surface area contributed by atoms with Crippen LogP contribution < -0.4 is 5.32 Å². The van der Waals surface area contributed by atoms with Crippen LogP contribution in [0.3, 0.4) is 0 Å². The van der Waals surface area contributed by atoms with E-state index in [-0.39, 0.29) is 12.0 Å². The molecule has 0 aliphatic carbocycles. The van der Waals surface area contributed by atoms with Crippen LogP contribution in [0.1, 0.15) is 22.5 Å². The average molecular weight is 287 g/mol. The molecule has 0 fully saturated rings. The Hall–Kier alpha value is -2.48. The van der Waals surface area contributed by atoms with Crippen LogP contribution in [0.25, 0.3) is 0 Å². The van der Waals surface area contributed by atoms with Crippen molar-refractivity contribution in [1.29, 1.82) is 5.26 Å². The van der Waals surface area contributed by atoms with E-state index in [1.807, 2.05) is 6.92 Å². The normalized spacial score (nSPS) is 10.2. The maximum Gasteiger partial charge on any atom is 0.129 e. The fraction of sp³-hybridized carbons (Fsp3) is 0.250. The number of anilines is 1. The van der Waals surface area contributed by atoms with Crippen molar-refractivity contribution < 1.29 is 8.78 Å². The molecule has 1 heterocycles. The molecule has 0 radical (unpaired) electrons. The first-order chi connectivity index (χ1) is 10.0. The molecule has 1 aromatic carbocycles. The first kappa shape index (κ1) is 14.9. The third kappa shape index (κ3) is 3.34. The molecular formula is C16H15F2N3. The van der Waals surface area contributed by atoms with Crippen molar-refractivity contribution in [3.05, 3.63) is 58.4 Å². The summed E-state index contributed by atoms with van der Waals surface area (Å²) in [5, 5.41) is 12.2. The zero-order valence-corrected chi connectivity index (χ0v) is 11.9. The number of nitrogens with zero attached hydrogens (tertiary/aromatic N) is 2. The SMILES string of the molecule is Cc1cc(NCCc2c(F)cccc2F)c(C#N)c(C)n1. The third-order valence-electron chi connectivity index (χ3n) is 3.19. The lowest BCUT2D eigenvalue weighted by Gasteiger charge is -2.11. The Morgan fingerprint density at radius 2 is 1.90 bits per heavy atom. The van der Waals surface area contributed by atoms with E-state index in [0.717, 1.165) is 5.69 Å². The summed E-state index contributed by atoms with van der Waals surface area (Å²) in [7, 11) is 0. The van der Waals surface area contributed by atoms with Gasteiger partial charge in [0, 0.05) is 17.8 Å². The maximum atomic E-state index is 13.5. The first-order valence-corrected chi connectivity index (χ1v) is 6.58. The Bertz CT molecular complexity index is 685. The second kappa shape index (κ2) is 6.31. The summed E-state index contributed by atoms with van der Waals surface area (Å²) in [6.07, 6.45) is 0.198. The van der Waals surface area contributed by atoms with Gasteiger partial charge in [0.15, 0.2) is 0 Å². The molecule has 0 saturated carbocycles. The summed E-state index contributed by atoms with van der Waals surface area (Å²) < 4.78 is 27.0. The number of benzene rings is 1. The number of pyridine rings is 1. The quantitative estimate of drug-likeness (QED) is 0.936. The van der Waals surface area contributed by atoms with Crippen LogP contribution in [0.5, 0.6) is 0 Å². The summed E-state index contributed by atoms with van der Waals surface area (Å²) in [6, 6.07) is 7.65. The van der Waals surface area contributed by atoms with Gasteiger partial charge in [-0.3, -0.25) is 4.98 Å². The van der Waals surface area contributed by atoms with Gasteiger partial charge in [0.05, 0.1) is 16.9 Å². The second-order valence-electron chi connectivity index (χ2n) is 4.76. The van der Waals surface area contributed by atoms with Gasteiger partial charge in [-0.1, -0.05) is 6.07 Å². The van der Waals surface area contributed by atoms with E-state index in [4.69, 9.17) is 5.26 Å². The molecule has 5 heteroatoms. The van der Waals surface area contributed by atoms with Crippen molar-refractivity contribution in [1.82, 2.24) is 4.98 Å². The molecule has 2 aromatic rings. The molecule has 108 valence electrons. The lowest BCUT2D eigenvalue weighted by molar-refractivity contribution is 0.557. The van der Waals surface area contributed by atoms with Crippen LogP contribution in [0.4, 0.5) is 14.5 Å². The third-order valence-corrected chi connectivity index (χ3v) is 3.19. The Balaban J connectivity index is 2.13. The van der Waals surface area contributed by atoms with E-state index in [9.17, 15) is 8.78 Å².